The third-order valence-corrected chi connectivity index (χ3v) is 4.50. The summed E-state index contributed by atoms with van der Waals surface area (Å²) in [5.41, 5.74) is 5.97. The van der Waals surface area contributed by atoms with E-state index in [1.54, 1.807) is 0 Å². The fraction of sp³-hybridized carbons (Fsp3) is 0.350. The summed E-state index contributed by atoms with van der Waals surface area (Å²) in [5, 5.41) is 3.11. The Hall–Kier alpha value is -2.09. The second-order valence-corrected chi connectivity index (χ2v) is 6.30. The smallest absolute Gasteiger partial charge is 0.251 e. The summed E-state index contributed by atoms with van der Waals surface area (Å²) < 4.78 is 0. The summed E-state index contributed by atoms with van der Waals surface area (Å²) in [6.07, 6.45) is 4.94. The molecule has 1 atom stereocenters. The lowest BCUT2D eigenvalue weighted by Gasteiger charge is -2.20. The summed E-state index contributed by atoms with van der Waals surface area (Å²) in [6, 6.07) is 14.4. The first-order chi connectivity index (χ1) is 10.6. The van der Waals surface area contributed by atoms with E-state index in [0.717, 1.165) is 11.1 Å². The van der Waals surface area contributed by atoms with E-state index < -0.39 is 0 Å². The highest BCUT2D eigenvalue weighted by Crippen LogP contribution is 2.25. The first kappa shape index (κ1) is 14.8. The highest BCUT2D eigenvalue weighted by atomic mass is 16.1. The van der Waals surface area contributed by atoms with Crippen LogP contribution in [0, 0.1) is 6.92 Å². The van der Waals surface area contributed by atoms with Crippen molar-refractivity contribution in [2.24, 2.45) is 0 Å². The molecule has 1 aliphatic rings. The fourth-order valence-electron chi connectivity index (χ4n) is 3.17. The minimum absolute atomic E-state index is 0.00563. The van der Waals surface area contributed by atoms with E-state index in [1.807, 2.05) is 31.2 Å². The second-order valence-electron chi connectivity index (χ2n) is 6.30. The quantitative estimate of drug-likeness (QED) is 0.894. The van der Waals surface area contributed by atoms with Crippen LogP contribution in [-0.2, 0) is 12.8 Å². The van der Waals surface area contributed by atoms with E-state index >= 15 is 0 Å². The highest BCUT2D eigenvalue weighted by molar-refractivity contribution is 5.94. The monoisotopic (exact) mass is 293 g/mol. The number of aryl methyl sites for hydroxylation is 3. The molecule has 0 saturated heterocycles. The summed E-state index contributed by atoms with van der Waals surface area (Å²) >= 11 is 0. The Kier molecular flexibility index (Phi) is 4.28. The molecule has 0 heterocycles. The molecular weight excluding hydrogens is 270 g/mol. The zero-order chi connectivity index (χ0) is 15.5. The maximum Gasteiger partial charge on any atom is 0.251 e. The van der Waals surface area contributed by atoms with Crippen molar-refractivity contribution in [3.8, 4) is 0 Å². The van der Waals surface area contributed by atoms with Crippen molar-refractivity contribution < 1.29 is 4.79 Å². The van der Waals surface area contributed by atoms with Crippen LogP contribution in [0.3, 0.4) is 0 Å². The molecular formula is C20H23NO. The molecule has 1 unspecified atom stereocenters. The lowest BCUT2D eigenvalue weighted by atomic mass is 9.89. The van der Waals surface area contributed by atoms with Gasteiger partial charge in [-0.25, -0.2) is 0 Å². The fourth-order valence-corrected chi connectivity index (χ4v) is 3.17. The zero-order valence-electron chi connectivity index (χ0n) is 13.4. The van der Waals surface area contributed by atoms with Crippen molar-refractivity contribution in [3.05, 3.63) is 70.3 Å². The van der Waals surface area contributed by atoms with Crippen LogP contribution in [0.1, 0.15) is 58.4 Å². The molecule has 3 rings (SSSR count). The van der Waals surface area contributed by atoms with E-state index in [1.165, 1.54) is 42.4 Å². The van der Waals surface area contributed by atoms with Crippen molar-refractivity contribution in [2.45, 2.75) is 45.6 Å². The van der Waals surface area contributed by atoms with E-state index in [4.69, 9.17) is 0 Å². The number of rotatable bonds is 3. The van der Waals surface area contributed by atoms with Crippen LogP contribution in [-0.4, -0.2) is 5.91 Å². The van der Waals surface area contributed by atoms with Crippen LogP contribution in [0.25, 0.3) is 0 Å². The van der Waals surface area contributed by atoms with E-state index in [2.05, 4.69) is 30.4 Å². The van der Waals surface area contributed by atoms with Gasteiger partial charge < -0.3 is 5.32 Å². The molecule has 1 N–H and O–H groups in total. The third-order valence-electron chi connectivity index (χ3n) is 4.50. The van der Waals surface area contributed by atoms with Gasteiger partial charge in [-0.2, -0.15) is 0 Å². The van der Waals surface area contributed by atoms with Crippen molar-refractivity contribution in [1.82, 2.24) is 5.32 Å². The molecule has 1 amide bonds. The van der Waals surface area contributed by atoms with Crippen LogP contribution in [0.15, 0.2) is 42.5 Å². The maximum absolute atomic E-state index is 12.4. The van der Waals surface area contributed by atoms with Crippen molar-refractivity contribution in [2.75, 3.05) is 0 Å². The van der Waals surface area contributed by atoms with E-state index in [-0.39, 0.29) is 11.9 Å². The minimum Gasteiger partial charge on any atom is -0.346 e. The van der Waals surface area contributed by atoms with Crippen LogP contribution >= 0.6 is 0 Å². The van der Waals surface area contributed by atoms with Gasteiger partial charge in [0.1, 0.15) is 0 Å². The van der Waals surface area contributed by atoms with Gasteiger partial charge in [0.2, 0.25) is 0 Å². The number of hydrogen-bond acceptors (Lipinski definition) is 1. The zero-order valence-corrected chi connectivity index (χ0v) is 13.4. The molecule has 2 aromatic carbocycles. The third kappa shape index (κ3) is 3.22. The Labute approximate surface area is 132 Å². The molecule has 114 valence electrons. The van der Waals surface area contributed by atoms with Crippen molar-refractivity contribution in [3.63, 3.8) is 0 Å². The molecule has 0 aliphatic heterocycles. The molecule has 2 heteroatoms. The number of amides is 1. The van der Waals surface area contributed by atoms with Crippen LogP contribution in [0.2, 0.25) is 0 Å². The van der Waals surface area contributed by atoms with Gasteiger partial charge in [0.15, 0.2) is 0 Å². The topological polar surface area (TPSA) is 29.1 Å². The normalized spacial score (nSPS) is 15.0. The number of benzene rings is 2. The molecule has 1 aliphatic carbocycles. The van der Waals surface area contributed by atoms with Crippen molar-refractivity contribution in [1.29, 1.82) is 0 Å². The summed E-state index contributed by atoms with van der Waals surface area (Å²) in [7, 11) is 0. The molecule has 22 heavy (non-hydrogen) atoms. The summed E-state index contributed by atoms with van der Waals surface area (Å²) in [6.45, 7) is 4.06. The molecule has 0 radical (unpaired) electrons. The van der Waals surface area contributed by atoms with E-state index in [0.29, 0.717) is 0 Å². The molecule has 0 fully saturated rings. The van der Waals surface area contributed by atoms with Gasteiger partial charge in [-0.15, -0.1) is 0 Å². The standard InChI is InChI=1S/C20H23NO/c1-14-6-5-9-19(12-14)20(22)21-15(2)17-11-10-16-7-3-4-8-18(16)13-17/h5-6,9-13,15H,3-4,7-8H2,1-2H3,(H,21,22). The Morgan fingerprint density at radius 1 is 1.05 bits per heavy atom. The van der Waals surface area contributed by atoms with Gasteiger partial charge in [-0.05, 0) is 68.4 Å². The summed E-state index contributed by atoms with van der Waals surface area (Å²) in [5.74, 6) is -0.00563. The average molecular weight is 293 g/mol. The molecule has 0 aromatic heterocycles. The van der Waals surface area contributed by atoms with Crippen LogP contribution in [0.4, 0.5) is 0 Å². The Morgan fingerprint density at radius 2 is 1.82 bits per heavy atom. The number of carbonyl (C=O) groups excluding carboxylic acids is 1. The number of nitrogens with one attached hydrogen (secondary N) is 1. The van der Waals surface area contributed by atoms with Gasteiger partial charge in [-0.3, -0.25) is 4.79 Å². The maximum atomic E-state index is 12.4. The van der Waals surface area contributed by atoms with Gasteiger partial charge in [0.25, 0.3) is 5.91 Å². The number of fused-ring (bicyclic) bond motifs is 1. The molecule has 2 nitrogen and oxygen atoms in total. The van der Waals surface area contributed by atoms with Crippen LogP contribution in [0.5, 0.6) is 0 Å². The molecule has 0 spiro atoms. The number of hydrogen-bond donors (Lipinski definition) is 1. The SMILES string of the molecule is Cc1cccc(C(=O)NC(C)c2ccc3c(c2)CCCC3)c1. The Bertz CT molecular complexity index is 690. The molecule has 2 aromatic rings. The van der Waals surface area contributed by atoms with Gasteiger partial charge in [-0.1, -0.05) is 35.9 Å². The van der Waals surface area contributed by atoms with Crippen molar-refractivity contribution >= 4 is 5.91 Å². The Morgan fingerprint density at radius 3 is 2.59 bits per heavy atom. The van der Waals surface area contributed by atoms with Gasteiger partial charge in [0.05, 0.1) is 6.04 Å². The predicted molar refractivity (Wildman–Crippen MR) is 90.1 cm³/mol. The number of carbonyl (C=O) groups is 1. The largest absolute Gasteiger partial charge is 0.346 e. The Balaban J connectivity index is 1.74. The molecule has 0 bridgehead atoms. The minimum atomic E-state index is -0.00563. The first-order valence-corrected chi connectivity index (χ1v) is 8.13. The van der Waals surface area contributed by atoms with Gasteiger partial charge in [0, 0.05) is 5.56 Å². The lowest BCUT2D eigenvalue weighted by Crippen LogP contribution is -2.26. The highest BCUT2D eigenvalue weighted by Gasteiger charge is 2.14. The average Bonchev–Trinajstić information content (AvgIpc) is 2.54. The first-order valence-electron chi connectivity index (χ1n) is 8.13. The molecule has 0 saturated carbocycles. The van der Waals surface area contributed by atoms with E-state index in [9.17, 15) is 4.79 Å². The second kappa shape index (κ2) is 6.35. The lowest BCUT2D eigenvalue weighted by molar-refractivity contribution is 0.0940. The van der Waals surface area contributed by atoms with Gasteiger partial charge >= 0.3 is 0 Å². The summed E-state index contributed by atoms with van der Waals surface area (Å²) in [4.78, 5) is 12.4. The van der Waals surface area contributed by atoms with Crippen LogP contribution < -0.4 is 5.32 Å². The predicted octanol–water partition coefficient (Wildman–Crippen LogP) is 4.36.